The fourth-order valence-corrected chi connectivity index (χ4v) is 2.78. The predicted molar refractivity (Wildman–Crippen MR) is 156 cm³/mol. The van der Waals surface area contributed by atoms with Gasteiger partial charge < -0.3 is 0 Å². The first-order valence-corrected chi connectivity index (χ1v) is 13.6. The van der Waals surface area contributed by atoms with Gasteiger partial charge in [0.15, 0.2) is 0 Å². The minimum Gasteiger partial charge on any atom is -0.0808 e. The van der Waals surface area contributed by atoms with Crippen LogP contribution in [0.25, 0.3) is 0 Å². The van der Waals surface area contributed by atoms with Crippen molar-refractivity contribution in [3.63, 3.8) is 0 Å². The second-order valence-corrected chi connectivity index (χ2v) is 8.14. The van der Waals surface area contributed by atoms with E-state index in [-0.39, 0.29) is 0 Å². The van der Waals surface area contributed by atoms with Crippen LogP contribution >= 0.6 is 0 Å². The van der Waals surface area contributed by atoms with Gasteiger partial charge in [-0.25, -0.2) is 0 Å². The Hall–Kier alpha value is -2.08. The van der Waals surface area contributed by atoms with E-state index in [1.165, 1.54) is 57.8 Å². The quantitative estimate of drug-likeness (QED) is 0.338. The topological polar surface area (TPSA) is 0 Å². The van der Waals surface area contributed by atoms with E-state index in [9.17, 15) is 0 Å². The fourth-order valence-electron chi connectivity index (χ4n) is 2.78. The summed E-state index contributed by atoms with van der Waals surface area (Å²) in [7, 11) is 0. The van der Waals surface area contributed by atoms with Crippen molar-refractivity contribution >= 4 is 0 Å². The molecule has 0 aromatic rings. The maximum atomic E-state index is 2.26. The van der Waals surface area contributed by atoms with Gasteiger partial charge in [0.05, 0.1) is 0 Å². The van der Waals surface area contributed by atoms with Crippen LogP contribution in [0.5, 0.6) is 0 Å². The van der Waals surface area contributed by atoms with E-state index in [1.807, 2.05) is 0 Å². The van der Waals surface area contributed by atoms with E-state index in [4.69, 9.17) is 0 Å². The monoisotopic (exact) mass is 450 g/mol. The lowest BCUT2D eigenvalue weighted by Crippen LogP contribution is -1.73. The molecule has 0 saturated heterocycles. The molecule has 0 nitrogen and oxygen atoms in total. The molecule has 0 aromatic carbocycles. The second-order valence-electron chi connectivity index (χ2n) is 8.14. The van der Waals surface area contributed by atoms with Crippen LogP contribution < -0.4 is 0 Å². The molecule has 0 aliphatic heterocycles. The zero-order valence-corrected chi connectivity index (χ0v) is 22.4. The van der Waals surface area contributed by atoms with Gasteiger partial charge in [-0.1, -0.05) is 183 Å². The smallest absolute Gasteiger partial charge is 0.0163 e. The number of hydrogen-bond donors (Lipinski definition) is 0. The molecule has 4 aliphatic carbocycles. The van der Waals surface area contributed by atoms with Crippen molar-refractivity contribution in [1.29, 1.82) is 0 Å². The number of unbranched alkanes of at least 4 members (excludes halogenated alkanes) is 7. The molecule has 33 heavy (non-hydrogen) atoms. The molecule has 0 atom stereocenters. The Bertz CT molecular complexity index is 439. The Morgan fingerprint density at radius 3 is 0.606 bits per heavy atom. The van der Waals surface area contributed by atoms with E-state index in [2.05, 4.69) is 125 Å². The van der Waals surface area contributed by atoms with Crippen molar-refractivity contribution in [3.05, 3.63) is 97.2 Å². The Kier molecular flexibility index (Phi) is 34.6. The molecule has 0 aromatic heterocycles. The first-order valence-electron chi connectivity index (χ1n) is 13.6. The summed E-state index contributed by atoms with van der Waals surface area (Å²) in [6.45, 7) is 8.94. The van der Waals surface area contributed by atoms with Crippen molar-refractivity contribution in [1.82, 2.24) is 0 Å². The van der Waals surface area contributed by atoms with E-state index in [0.29, 0.717) is 0 Å². The SMILES string of the molecule is C1=CCC=C1.C1=CCC=C1.C1=CCC=C1.C1=CCC=C1.CCCCC.CCCCCCCC. The Balaban J connectivity index is 0. The first kappa shape index (κ1) is 33.1. The zero-order valence-electron chi connectivity index (χ0n) is 22.4. The summed E-state index contributed by atoms with van der Waals surface area (Å²) in [4.78, 5) is 0. The van der Waals surface area contributed by atoms with Gasteiger partial charge in [0.2, 0.25) is 0 Å². The number of allylic oxidation sites excluding steroid dienone is 16. The van der Waals surface area contributed by atoms with Gasteiger partial charge in [0.1, 0.15) is 0 Å². The maximum Gasteiger partial charge on any atom is -0.0163 e. The zero-order chi connectivity index (χ0) is 24.5. The van der Waals surface area contributed by atoms with Gasteiger partial charge in [-0.3, -0.25) is 0 Å². The van der Waals surface area contributed by atoms with Crippen LogP contribution in [0.2, 0.25) is 0 Å². The summed E-state index contributed by atoms with van der Waals surface area (Å²) < 4.78 is 0. The lowest BCUT2D eigenvalue weighted by molar-refractivity contribution is 0.624. The summed E-state index contributed by atoms with van der Waals surface area (Å²) in [5, 5.41) is 0. The molecule has 0 N–H and O–H groups in total. The second kappa shape index (κ2) is 34.5. The molecule has 0 fully saturated rings. The van der Waals surface area contributed by atoms with Crippen LogP contribution in [0, 0.1) is 0 Å². The molecule has 0 bridgehead atoms. The van der Waals surface area contributed by atoms with Gasteiger partial charge in [-0.2, -0.15) is 0 Å². The highest BCUT2D eigenvalue weighted by molar-refractivity contribution is 5.13. The van der Waals surface area contributed by atoms with Crippen molar-refractivity contribution in [2.24, 2.45) is 0 Å². The molecule has 4 aliphatic rings. The average Bonchev–Trinajstić information content (AvgIpc) is 3.70. The standard InChI is InChI=1S/C8H18.4C5H6.C5H12/c1-3-5-7-8-6-4-2;4*1-2-4-5-3-1;1-3-5-4-2/h3-8H2,1-2H3;4*1-4H,5H2;3-5H2,1-2H3. The molecule has 0 heteroatoms. The summed E-state index contributed by atoms with van der Waals surface area (Å²) in [6, 6.07) is 0. The lowest BCUT2D eigenvalue weighted by atomic mass is 10.1. The van der Waals surface area contributed by atoms with Gasteiger partial charge in [0.25, 0.3) is 0 Å². The first-order chi connectivity index (χ1) is 16.3. The van der Waals surface area contributed by atoms with Crippen LogP contribution in [-0.4, -0.2) is 0 Å². The van der Waals surface area contributed by atoms with Crippen molar-refractivity contribution in [3.8, 4) is 0 Å². The Labute approximate surface area is 208 Å². The number of hydrogen-bond acceptors (Lipinski definition) is 0. The highest BCUT2D eigenvalue weighted by atomic mass is 13.9. The molecular weight excluding hydrogens is 396 g/mol. The van der Waals surface area contributed by atoms with Crippen molar-refractivity contribution < 1.29 is 0 Å². The molecule has 0 spiro atoms. The molecule has 0 unspecified atom stereocenters. The van der Waals surface area contributed by atoms with Crippen LogP contribution in [0.15, 0.2) is 97.2 Å². The molecule has 186 valence electrons. The predicted octanol–water partition coefficient (Wildman–Crippen LogP) is 11.6. The molecule has 0 heterocycles. The van der Waals surface area contributed by atoms with E-state index in [0.717, 1.165) is 25.7 Å². The fraction of sp³-hybridized carbons (Fsp3) is 0.515. The Morgan fingerprint density at radius 2 is 0.515 bits per heavy atom. The third-order valence-corrected chi connectivity index (χ3v) is 4.79. The van der Waals surface area contributed by atoms with Crippen LogP contribution in [0.4, 0.5) is 0 Å². The summed E-state index contributed by atoms with van der Waals surface area (Å²) >= 11 is 0. The molecular formula is C33H54. The maximum absolute atomic E-state index is 2.26. The highest BCUT2D eigenvalue weighted by Gasteiger charge is 1.83. The lowest BCUT2D eigenvalue weighted by Gasteiger charge is -1.93. The van der Waals surface area contributed by atoms with E-state index < -0.39 is 0 Å². The summed E-state index contributed by atoms with van der Waals surface area (Å²) in [5.41, 5.74) is 0. The van der Waals surface area contributed by atoms with Gasteiger partial charge in [-0.15, -0.1) is 0 Å². The van der Waals surface area contributed by atoms with Crippen LogP contribution in [0.3, 0.4) is 0 Å². The number of rotatable bonds is 7. The van der Waals surface area contributed by atoms with Gasteiger partial charge in [-0.05, 0) is 25.7 Å². The Morgan fingerprint density at radius 1 is 0.303 bits per heavy atom. The highest BCUT2D eigenvalue weighted by Crippen LogP contribution is 2.03. The summed E-state index contributed by atoms with van der Waals surface area (Å²) in [6.07, 6.45) is 50.6. The molecule has 0 radical (unpaired) electrons. The van der Waals surface area contributed by atoms with Gasteiger partial charge in [0, 0.05) is 0 Å². The minimum absolute atomic E-state index is 1.14. The van der Waals surface area contributed by atoms with Crippen molar-refractivity contribution in [2.45, 2.75) is 111 Å². The van der Waals surface area contributed by atoms with E-state index in [1.54, 1.807) is 0 Å². The normalized spacial score (nSPS) is 14.3. The van der Waals surface area contributed by atoms with Crippen LogP contribution in [0.1, 0.15) is 111 Å². The minimum atomic E-state index is 1.14. The van der Waals surface area contributed by atoms with Crippen molar-refractivity contribution in [2.75, 3.05) is 0 Å². The molecule has 4 rings (SSSR count). The van der Waals surface area contributed by atoms with Crippen LogP contribution in [-0.2, 0) is 0 Å². The average molecular weight is 451 g/mol. The largest absolute Gasteiger partial charge is 0.0808 e. The summed E-state index contributed by atoms with van der Waals surface area (Å²) in [5.74, 6) is 0. The molecule has 0 amide bonds. The third-order valence-electron chi connectivity index (χ3n) is 4.79. The van der Waals surface area contributed by atoms with E-state index >= 15 is 0 Å². The third kappa shape index (κ3) is 37.6. The molecule has 0 saturated carbocycles. The van der Waals surface area contributed by atoms with Gasteiger partial charge >= 0.3 is 0 Å².